The molecule has 16 heavy (non-hydrogen) atoms. The summed E-state index contributed by atoms with van der Waals surface area (Å²) in [6.45, 7) is 6.27. The van der Waals surface area contributed by atoms with Gasteiger partial charge in [-0.2, -0.15) is 5.26 Å². The lowest BCUT2D eigenvalue weighted by molar-refractivity contribution is 0.474. The summed E-state index contributed by atoms with van der Waals surface area (Å²) in [7, 11) is 0. The van der Waals surface area contributed by atoms with Crippen LogP contribution in [0, 0.1) is 30.6 Å². The zero-order valence-corrected chi connectivity index (χ0v) is 9.74. The molecule has 2 rings (SSSR count). The molecule has 0 spiro atoms. The monoisotopic (exact) mass is 211 g/mol. The van der Waals surface area contributed by atoms with Crippen LogP contribution >= 0.6 is 0 Å². The van der Waals surface area contributed by atoms with Crippen molar-refractivity contribution in [2.45, 2.75) is 31.6 Å². The highest BCUT2D eigenvalue weighted by atomic mass is 14.4. The molecule has 0 aliphatic heterocycles. The van der Waals surface area contributed by atoms with E-state index in [1.165, 1.54) is 18.4 Å². The standard InChI is InChI=1S/C15H17N/c1-3-12-8-9-15(2,10-12)14-6-4-13(11-16)5-7-14/h4-7,9,12H,1,3,8,10H2,2H3. The Bertz CT molecular complexity index is 398. The Morgan fingerprint density at radius 3 is 2.62 bits per heavy atom. The predicted octanol–water partition coefficient (Wildman–Crippen LogP) is 3.65. The fourth-order valence-corrected chi connectivity index (χ4v) is 2.57. The summed E-state index contributed by atoms with van der Waals surface area (Å²) in [5, 5.41) is 8.77. The van der Waals surface area contributed by atoms with Crippen molar-refractivity contribution < 1.29 is 0 Å². The Kier molecular flexibility index (Phi) is 3.01. The van der Waals surface area contributed by atoms with Gasteiger partial charge in [0, 0.05) is 0 Å². The van der Waals surface area contributed by atoms with Crippen molar-refractivity contribution in [3.05, 3.63) is 48.7 Å². The smallest absolute Gasteiger partial charge is 0.0991 e. The van der Waals surface area contributed by atoms with Crippen molar-refractivity contribution >= 4 is 0 Å². The normalized spacial score (nSPS) is 28.9. The molecule has 1 aromatic carbocycles. The molecule has 0 N–H and O–H groups in total. The first-order chi connectivity index (χ1) is 7.68. The number of hydrogen-bond donors (Lipinski definition) is 0. The Morgan fingerprint density at radius 1 is 1.44 bits per heavy atom. The van der Waals surface area contributed by atoms with Crippen LogP contribution in [0.15, 0.2) is 24.3 Å². The second kappa shape index (κ2) is 4.29. The third-order valence-corrected chi connectivity index (χ3v) is 3.70. The van der Waals surface area contributed by atoms with Crippen LogP contribution in [0.3, 0.4) is 0 Å². The molecular formula is C15H17N. The first-order valence-electron chi connectivity index (χ1n) is 5.82. The SMILES string of the molecule is [CH2]CC1C[CH]C(C)(c2ccc(C#N)cc2)C1. The highest BCUT2D eigenvalue weighted by Gasteiger charge is 2.35. The maximum atomic E-state index is 8.77. The number of nitrogens with zero attached hydrogens (tertiary/aromatic N) is 1. The molecule has 1 aromatic rings. The summed E-state index contributed by atoms with van der Waals surface area (Å²) in [5.74, 6) is 0.723. The topological polar surface area (TPSA) is 23.8 Å². The van der Waals surface area contributed by atoms with Gasteiger partial charge >= 0.3 is 0 Å². The molecule has 1 aliphatic carbocycles. The zero-order chi connectivity index (χ0) is 11.6. The molecule has 2 atom stereocenters. The second-order valence-electron chi connectivity index (χ2n) is 4.91. The lowest BCUT2D eigenvalue weighted by Crippen LogP contribution is -2.18. The molecule has 1 saturated carbocycles. The third-order valence-electron chi connectivity index (χ3n) is 3.70. The first-order valence-corrected chi connectivity index (χ1v) is 5.82. The summed E-state index contributed by atoms with van der Waals surface area (Å²) >= 11 is 0. The Balaban J connectivity index is 2.21. The quantitative estimate of drug-likeness (QED) is 0.732. The minimum Gasteiger partial charge on any atom is -0.192 e. The van der Waals surface area contributed by atoms with E-state index >= 15 is 0 Å². The molecule has 0 aromatic heterocycles. The van der Waals surface area contributed by atoms with E-state index in [0.29, 0.717) is 0 Å². The highest BCUT2D eigenvalue weighted by molar-refractivity contribution is 5.37. The maximum Gasteiger partial charge on any atom is 0.0991 e. The van der Waals surface area contributed by atoms with Gasteiger partial charge in [-0.15, -0.1) is 0 Å². The van der Waals surface area contributed by atoms with Gasteiger partial charge in [-0.1, -0.05) is 32.4 Å². The van der Waals surface area contributed by atoms with E-state index in [1.807, 2.05) is 12.1 Å². The summed E-state index contributed by atoms with van der Waals surface area (Å²) in [4.78, 5) is 0. The van der Waals surface area contributed by atoms with E-state index in [2.05, 4.69) is 38.5 Å². The van der Waals surface area contributed by atoms with E-state index in [4.69, 9.17) is 5.26 Å². The van der Waals surface area contributed by atoms with E-state index < -0.39 is 0 Å². The van der Waals surface area contributed by atoms with Gasteiger partial charge in [-0.05, 0) is 48.3 Å². The van der Waals surface area contributed by atoms with Crippen molar-refractivity contribution in [3.63, 3.8) is 0 Å². The molecule has 1 nitrogen and oxygen atoms in total. The lowest BCUT2D eigenvalue weighted by atomic mass is 9.80. The molecule has 0 heterocycles. The molecular weight excluding hydrogens is 194 g/mol. The summed E-state index contributed by atoms with van der Waals surface area (Å²) in [5.41, 5.74) is 2.23. The van der Waals surface area contributed by atoms with Gasteiger partial charge in [0.1, 0.15) is 0 Å². The van der Waals surface area contributed by atoms with E-state index in [-0.39, 0.29) is 5.41 Å². The van der Waals surface area contributed by atoms with Crippen LogP contribution < -0.4 is 0 Å². The minimum absolute atomic E-state index is 0.177. The Labute approximate surface area is 98.1 Å². The molecule has 1 fully saturated rings. The molecule has 1 aliphatic rings. The first kappa shape index (κ1) is 11.2. The fraction of sp³-hybridized carbons (Fsp3) is 0.400. The van der Waals surface area contributed by atoms with Crippen molar-refractivity contribution in [2.75, 3.05) is 0 Å². The zero-order valence-electron chi connectivity index (χ0n) is 9.74. The Hall–Kier alpha value is -1.29. The van der Waals surface area contributed by atoms with Crippen LogP contribution in [0.25, 0.3) is 0 Å². The van der Waals surface area contributed by atoms with Crippen LogP contribution in [0.2, 0.25) is 0 Å². The van der Waals surface area contributed by atoms with Crippen molar-refractivity contribution in [1.82, 2.24) is 0 Å². The molecule has 82 valence electrons. The van der Waals surface area contributed by atoms with E-state index in [0.717, 1.165) is 17.9 Å². The van der Waals surface area contributed by atoms with Gasteiger partial charge in [-0.3, -0.25) is 0 Å². The van der Waals surface area contributed by atoms with Gasteiger partial charge in [0.15, 0.2) is 0 Å². The van der Waals surface area contributed by atoms with E-state index in [1.54, 1.807) is 0 Å². The van der Waals surface area contributed by atoms with Crippen LogP contribution in [0.4, 0.5) is 0 Å². The van der Waals surface area contributed by atoms with Gasteiger partial charge in [-0.25, -0.2) is 0 Å². The number of hydrogen-bond acceptors (Lipinski definition) is 1. The molecule has 0 amide bonds. The number of benzene rings is 1. The van der Waals surface area contributed by atoms with Crippen LogP contribution in [-0.2, 0) is 5.41 Å². The van der Waals surface area contributed by atoms with Gasteiger partial charge < -0.3 is 0 Å². The van der Waals surface area contributed by atoms with Gasteiger partial charge in [0.25, 0.3) is 0 Å². The predicted molar refractivity (Wildman–Crippen MR) is 65.5 cm³/mol. The summed E-state index contributed by atoms with van der Waals surface area (Å²) in [6.07, 6.45) is 5.77. The largest absolute Gasteiger partial charge is 0.192 e. The second-order valence-corrected chi connectivity index (χ2v) is 4.91. The fourth-order valence-electron chi connectivity index (χ4n) is 2.57. The molecule has 0 bridgehead atoms. The summed E-state index contributed by atoms with van der Waals surface area (Å²) in [6, 6.07) is 10.1. The Morgan fingerprint density at radius 2 is 2.12 bits per heavy atom. The lowest BCUT2D eigenvalue weighted by Gasteiger charge is -2.24. The van der Waals surface area contributed by atoms with Crippen LogP contribution in [0.1, 0.15) is 37.3 Å². The molecule has 1 heteroatoms. The van der Waals surface area contributed by atoms with Crippen LogP contribution in [0.5, 0.6) is 0 Å². The van der Waals surface area contributed by atoms with Gasteiger partial charge in [0.2, 0.25) is 0 Å². The number of rotatable bonds is 2. The van der Waals surface area contributed by atoms with Crippen molar-refractivity contribution in [1.29, 1.82) is 5.26 Å². The summed E-state index contributed by atoms with van der Waals surface area (Å²) < 4.78 is 0. The third kappa shape index (κ3) is 1.97. The average molecular weight is 211 g/mol. The number of nitriles is 1. The van der Waals surface area contributed by atoms with Gasteiger partial charge in [0.05, 0.1) is 11.6 Å². The van der Waals surface area contributed by atoms with Crippen molar-refractivity contribution in [2.24, 2.45) is 5.92 Å². The molecule has 0 saturated heterocycles. The van der Waals surface area contributed by atoms with Crippen molar-refractivity contribution in [3.8, 4) is 6.07 Å². The maximum absolute atomic E-state index is 8.77. The van der Waals surface area contributed by atoms with Crippen LogP contribution in [-0.4, -0.2) is 0 Å². The highest BCUT2D eigenvalue weighted by Crippen LogP contribution is 2.44. The van der Waals surface area contributed by atoms with E-state index in [9.17, 15) is 0 Å². The average Bonchev–Trinajstić information content (AvgIpc) is 2.73. The minimum atomic E-state index is 0.177. The molecule has 2 radical (unpaired) electrons. The molecule has 2 unspecified atom stereocenters.